The Morgan fingerprint density at radius 3 is 2.29 bits per heavy atom. The lowest BCUT2D eigenvalue weighted by Crippen LogP contribution is -2.24. The van der Waals surface area contributed by atoms with Crippen LogP contribution in [0.25, 0.3) is 0 Å². The van der Waals surface area contributed by atoms with Gasteiger partial charge in [0.2, 0.25) is 0 Å². The van der Waals surface area contributed by atoms with Gasteiger partial charge in [0, 0.05) is 6.54 Å². The summed E-state index contributed by atoms with van der Waals surface area (Å²) in [5, 5.41) is 0. The SMILES string of the molecule is CC.CCCCC1(C)CCN(CC)C1. The van der Waals surface area contributed by atoms with Crippen LogP contribution in [-0.2, 0) is 0 Å². The number of rotatable bonds is 4. The molecular weight excluding hydrogens is 170 g/mol. The fourth-order valence-electron chi connectivity index (χ4n) is 2.20. The van der Waals surface area contributed by atoms with E-state index < -0.39 is 0 Å². The summed E-state index contributed by atoms with van der Waals surface area (Å²) in [5.41, 5.74) is 0.645. The molecule has 0 aromatic carbocycles. The summed E-state index contributed by atoms with van der Waals surface area (Å²) in [4.78, 5) is 2.58. The van der Waals surface area contributed by atoms with E-state index in [-0.39, 0.29) is 0 Å². The molecule has 0 radical (unpaired) electrons. The highest BCUT2D eigenvalue weighted by Gasteiger charge is 2.31. The van der Waals surface area contributed by atoms with Crippen LogP contribution in [0.5, 0.6) is 0 Å². The van der Waals surface area contributed by atoms with E-state index in [1.807, 2.05) is 13.8 Å². The molecule has 0 spiro atoms. The molecule has 86 valence electrons. The largest absolute Gasteiger partial charge is 0.303 e. The molecule has 1 aliphatic heterocycles. The predicted molar refractivity (Wildman–Crippen MR) is 65.7 cm³/mol. The van der Waals surface area contributed by atoms with Crippen molar-refractivity contribution in [2.75, 3.05) is 19.6 Å². The molecule has 1 fully saturated rings. The lowest BCUT2D eigenvalue weighted by Gasteiger charge is -2.23. The van der Waals surface area contributed by atoms with Gasteiger partial charge >= 0.3 is 0 Å². The van der Waals surface area contributed by atoms with Crippen molar-refractivity contribution in [2.24, 2.45) is 5.41 Å². The van der Waals surface area contributed by atoms with Gasteiger partial charge in [0.25, 0.3) is 0 Å². The Morgan fingerprint density at radius 1 is 1.21 bits per heavy atom. The van der Waals surface area contributed by atoms with Gasteiger partial charge in [-0.1, -0.05) is 47.5 Å². The molecule has 1 atom stereocenters. The predicted octanol–water partition coefficient (Wildman–Crippen LogP) is 3.93. The van der Waals surface area contributed by atoms with E-state index >= 15 is 0 Å². The summed E-state index contributed by atoms with van der Waals surface area (Å²) in [7, 11) is 0. The van der Waals surface area contributed by atoms with Gasteiger partial charge < -0.3 is 4.90 Å². The maximum atomic E-state index is 2.58. The van der Waals surface area contributed by atoms with Crippen LogP contribution in [0.15, 0.2) is 0 Å². The average molecular weight is 199 g/mol. The van der Waals surface area contributed by atoms with Gasteiger partial charge in [-0.2, -0.15) is 0 Å². The van der Waals surface area contributed by atoms with Crippen molar-refractivity contribution in [3.05, 3.63) is 0 Å². The second-order valence-corrected chi connectivity index (χ2v) is 4.53. The van der Waals surface area contributed by atoms with Gasteiger partial charge in [-0.25, -0.2) is 0 Å². The number of likely N-dealkylation sites (tertiary alicyclic amines) is 1. The smallest absolute Gasteiger partial charge is 0.00357 e. The van der Waals surface area contributed by atoms with Crippen LogP contribution in [0.2, 0.25) is 0 Å². The summed E-state index contributed by atoms with van der Waals surface area (Å²) >= 11 is 0. The molecule has 0 aromatic heterocycles. The number of nitrogens with zero attached hydrogens (tertiary/aromatic N) is 1. The maximum absolute atomic E-state index is 2.58. The molecule has 0 bridgehead atoms. The van der Waals surface area contributed by atoms with Crippen molar-refractivity contribution in [2.45, 2.75) is 60.3 Å². The van der Waals surface area contributed by atoms with E-state index in [1.165, 1.54) is 45.3 Å². The Kier molecular flexibility index (Phi) is 7.26. The minimum Gasteiger partial charge on any atom is -0.303 e. The molecule has 0 saturated carbocycles. The van der Waals surface area contributed by atoms with Crippen LogP contribution < -0.4 is 0 Å². The van der Waals surface area contributed by atoms with Crippen LogP contribution in [0.3, 0.4) is 0 Å². The highest BCUT2D eigenvalue weighted by Crippen LogP contribution is 2.34. The minimum atomic E-state index is 0.645. The molecule has 0 N–H and O–H groups in total. The van der Waals surface area contributed by atoms with Gasteiger partial charge in [0.1, 0.15) is 0 Å². The fraction of sp³-hybridized carbons (Fsp3) is 1.00. The third-order valence-electron chi connectivity index (χ3n) is 3.22. The minimum absolute atomic E-state index is 0.645. The molecule has 1 unspecified atom stereocenters. The first-order chi connectivity index (χ1) is 6.70. The zero-order chi connectivity index (χ0) is 11.0. The zero-order valence-corrected chi connectivity index (χ0v) is 10.9. The summed E-state index contributed by atoms with van der Waals surface area (Å²) in [5.74, 6) is 0. The monoisotopic (exact) mass is 199 g/mol. The van der Waals surface area contributed by atoms with Crippen LogP contribution in [0.4, 0.5) is 0 Å². The van der Waals surface area contributed by atoms with Crippen molar-refractivity contribution in [3.8, 4) is 0 Å². The summed E-state index contributed by atoms with van der Waals surface area (Å²) in [6.07, 6.45) is 5.61. The summed E-state index contributed by atoms with van der Waals surface area (Å²) in [6.45, 7) is 14.9. The van der Waals surface area contributed by atoms with E-state index in [0.717, 1.165) is 0 Å². The number of hydrogen-bond donors (Lipinski definition) is 0. The zero-order valence-electron chi connectivity index (χ0n) is 10.9. The molecule has 0 amide bonds. The first-order valence-electron chi connectivity index (χ1n) is 6.42. The van der Waals surface area contributed by atoms with E-state index in [9.17, 15) is 0 Å². The maximum Gasteiger partial charge on any atom is 0.00357 e. The van der Waals surface area contributed by atoms with E-state index in [4.69, 9.17) is 0 Å². The Morgan fingerprint density at radius 2 is 1.86 bits per heavy atom. The topological polar surface area (TPSA) is 3.24 Å². The van der Waals surface area contributed by atoms with Gasteiger partial charge in [-0.05, 0) is 31.3 Å². The quantitative estimate of drug-likeness (QED) is 0.663. The molecule has 0 aliphatic carbocycles. The van der Waals surface area contributed by atoms with Crippen molar-refractivity contribution < 1.29 is 0 Å². The Balaban J connectivity index is 0.000000791. The molecule has 1 heterocycles. The average Bonchev–Trinajstić information content (AvgIpc) is 2.61. The van der Waals surface area contributed by atoms with Crippen molar-refractivity contribution in [1.82, 2.24) is 4.90 Å². The number of hydrogen-bond acceptors (Lipinski definition) is 1. The fourth-order valence-corrected chi connectivity index (χ4v) is 2.20. The van der Waals surface area contributed by atoms with Gasteiger partial charge in [-0.15, -0.1) is 0 Å². The molecule has 1 rings (SSSR count). The van der Waals surface area contributed by atoms with Gasteiger partial charge in [0.05, 0.1) is 0 Å². The second kappa shape index (κ2) is 7.28. The highest BCUT2D eigenvalue weighted by molar-refractivity contribution is 4.85. The normalized spacial score (nSPS) is 27.2. The number of unbranched alkanes of at least 4 members (excludes halogenated alkanes) is 1. The van der Waals surface area contributed by atoms with E-state index in [0.29, 0.717) is 5.41 Å². The second-order valence-electron chi connectivity index (χ2n) is 4.53. The molecule has 14 heavy (non-hydrogen) atoms. The van der Waals surface area contributed by atoms with Crippen LogP contribution in [0, 0.1) is 5.41 Å². The molecular formula is C13H29N. The molecule has 1 heteroatoms. The molecule has 1 saturated heterocycles. The summed E-state index contributed by atoms with van der Waals surface area (Å²) in [6, 6.07) is 0. The van der Waals surface area contributed by atoms with Crippen LogP contribution >= 0.6 is 0 Å². The first-order valence-corrected chi connectivity index (χ1v) is 6.42. The summed E-state index contributed by atoms with van der Waals surface area (Å²) < 4.78 is 0. The Labute approximate surface area is 90.9 Å². The lowest BCUT2D eigenvalue weighted by molar-refractivity contribution is 0.264. The standard InChI is InChI=1S/C11H23N.C2H6/c1-4-6-7-11(3)8-9-12(5-2)10-11;1-2/h4-10H2,1-3H3;1-2H3. The van der Waals surface area contributed by atoms with Crippen LogP contribution in [-0.4, -0.2) is 24.5 Å². The van der Waals surface area contributed by atoms with E-state index in [2.05, 4.69) is 25.7 Å². The Bertz CT molecular complexity index is 133. The lowest BCUT2D eigenvalue weighted by atomic mass is 9.84. The first kappa shape index (κ1) is 14.0. The molecule has 0 aromatic rings. The third kappa shape index (κ3) is 4.45. The third-order valence-corrected chi connectivity index (χ3v) is 3.22. The molecule has 1 nitrogen and oxygen atoms in total. The van der Waals surface area contributed by atoms with Gasteiger partial charge in [0.15, 0.2) is 0 Å². The highest BCUT2D eigenvalue weighted by atomic mass is 15.1. The van der Waals surface area contributed by atoms with Crippen molar-refractivity contribution in [3.63, 3.8) is 0 Å². The van der Waals surface area contributed by atoms with Crippen LogP contribution in [0.1, 0.15) is 60.3 Å². The Hall–Kier alpha value is -0.0400. The van der Waals surface area contributed by atoms with E-state index in [1.54, 1.807) is 0 Å². The molecule has 1 aliphatic rings. The van der Waals surface area contributed by atoms with Gasteiger partial charge in [-0.3, -0.25) is 0 Å². The van der Waals surface area contributed by atoms with Crippen molar-refractivity contribution >= 4 is 0 Å². The van der Waals surface area contributed by atoms with Crippen molar-refractivity contribution in [1.29, 1.82) is 0 Å².